The third-order valence-corrected chi connectivity index (χ3v) is 0.657. The zero-order chi connectivity index (χ0) is 5.54. The Balaban J connectivity index is 2.97. The molecule has 0 saturated heterocycles. The Morgan fingerprint density at radius 2 is 2.43 bits per heavy atom. The molecule has 0 unspecified atom stereocenters. The molecule has 0 saturated carbocycles. The topological polar surface area (TPSA) is 0 Å². The largest absolute Gasteiger partial charge is 0.0761 e. The van der Waals surface area contributed by atoms with E-state index < -0.39 is 0 Å². The molecule has 0 nitrogen and oxygen atoms in total. The van der Waals surface area contributed by atoms with E-state index >= 15 is 0 Å². The number of allylic oxidation sites excluding steroid dienone is 2. The van der Waals surface area contributed by atoms with Crippen LogP contribution in [0.4, 0.5) is 0 Å². The first-order valence-corrected chi connectivity index (χ1v) is 2.49. The summed E-state index contributed by atoms with van der Waals surface area (Å²) in [5.41, 5.74) is 0. The summed E-state index contributed by atoms with van der Waals surface area (Å²) in [6.07, 6.45) is 12.2. The Hall–Kier alpha value is -0.700. The number of hydrogen-bond acceptors (Lipinski definition) is 0. The lowest BCUT2D eigenvalue weighted by Gasteiger charge is -1.76. The van der Waals surface area contributed by atoms with Gasteiger partial charge < -0.3 is 0 Å². The fourth-order valence-corrected chi connectivity index (χ4v) is 0.309. The van der Waals surface area contributed by atoms with Gasteiger partial charge in [-0.3, -0.25) is 0 Å². The van der Waals surface area contributed by atoms with Gasteiger partial charge in [-0.05, 0) is 18.9 Å². The van der Waals surface area contributed by atoms with Crippen molar-refractivity contribution in [2.24, 2.45) is 0 Å². The van der Waals surface area contributed by atoms with Gasteiger partial charge in [-0.1, -0.05) is 25.3 Å². The van der Waals surface area contributed by atoms with E-state index in [-0.39, 0.29) is 0 Å². The smallest absolute Gasteiger partial charge is 0.0102 e. The minimum atomic E-state index is 1.06. The van der Waals surface area contributed by atoms with Crippen molar-refractivity contribution in [1.82, 2.24) is 0 Å². The first-order valence-electron chi connectivity index (χ1n) is 2.49. The highest BCUT2D eigenvalue weighted by atomic mass is 13.7. The van der Waals surface area contributed by atoms with Gasteiger partial charge in [0.2, 0.25) is 0 Å². The average molecular weight is 93.1 g/mol. The summed E-state index contributed by atoms with van der Waals surface area (Å²) < 4.78 is 0. The van der Waals surface area contributed by atoms with E-state index in [1.807, 2.05) is 6.08 Å². The second-order valence-corrected chi connectivity index (χ2v) is 1.34. The molecular weight excluding hydrogens is 84.1 g/mol. The van der Waals surface area contributed by atoms with Crippen molar-refractivity contribution >= 4 is 0 Å². The van der Waals surface area contributed by atoms with Crippen LogP contribution in [-0.2, 0) is 0 Å². The van der Waals surface area contributed by atoms with Crippen LogP contribution in [0.1, 0.15) is 19.8 Å². The molecule has 0 rings (SSSR count). The molecule has 0 aliphatic carbocycles. The van der Waals surface area contributed by atoms with Crippen molar-refractivity contribution in [3.8, 4) is 5.92 Å². The lowest BCUT2D eigenvalue weighted by molar-refractivity contribution is 0.959. The van der Waals surface area contributed by atoms with E-state index in [1.54, 1.807) is 6.08 Å². The number of hydrogen-bond donors (Lipinski definition) is 0. The van der Waals surface area contributed by atoms with Gasteiger partial charge in [0.1, 0.15) is 0 Å². The Morgan fingerprint density at radius 1 is 1.71 bits per heavy atom. The summed E-state index contributed by atoms with van der Waals surface area (Å²) in [4.78, 5) is 0. The van der Waals surface area contributed by atoms with E-state index in [1.165, 1.54) is 0 Å². The minimum Gasteiger partial charge on any atom is -0.0761 e. The second kappa shape index (κ2) is 5.30. The molecule has 0 bridgehead atoms. The standard InChI is InChI=1S/C7H9/c1-3-5-7-6-4-2/h6-7H,3,5H2,1H3. The summed E-state index contributed by atoms with van der Waals surface area (Å²) in [5, 5.41) is 0. The second-order valence-electron chi connectivity index (χ2n) is 1.34. The first-order chi connectivity index (χ1) is 3.41. The molecule has 0 aliphatic heterocycles. The van der Waals surface area contributed by atoms with Gasteiger partial charge in [0, 0.05) is 0 Å². The predicted octanol–water partition coefficient (Wildman–Crippen LogP) is 1.93. The van der Waals surface area contributed by atoms with Gasteiger partial charge in [0.25, 0.3) is 0 Å². The molecule has 0 heteroatoms. The summed E-state index contributed by atoms with van der Waals surface area (Å²) >= 11 is 0. The quantitative estimate of drug-likeness (QED) is 0.457. The van der Waals surface area contributed by atoms with E-state index in [0.29, 0.717) is 0 Å². The Bertz CT molecular complexity index is 82.7. The van der Waals surface area contributed by atoms with Crippen LogP contribution in [0.2, 0.25) is 0 Å². The summed E-state index contributed by atoms with van der Waals surface area (Å²) in [5.74, 6) is 2.17. The van der Waals surface area contributed by atoms with Crippen LogP contribution < -0.4 is 0 Å². The maximum atomic E-state index is 6.44. The van der Waals surface area contributed by atoms with Crippen LogP contribution in [0.25, 0.3) is 0 Å². The van der Waals surface area contributed by atoms with Crippen LogP contribution in [0.5, 0.6) is 0 Å². The van der Waals surface area contributed by atoms with Gasteiger partial charge in [-0.25, -0.2) is 0 Å². The van der Waals surface area contributed by atoms with Crippen molar-refractivity contribution in [3.63, 3.8) is 0 Å². The predicted molar refractivity (Wildman–Crippen MR) is 31.2 cm³/mol. The van der Waals surface area contributed by atoms with Crippen molar-refractivity contribution in [1.29, 1.82) is 0 Å². The van der Waals surface area contributed by atoms with E-state index in [4.69, 9.17) is 6.42 Å². The van der Waals surface area contributed by atoms with Crippen molar-refractivity contribution in [2.75, 3.05) is 0 Å². The molecule has 7 heavy (non-hydrogen) atoms. The van der Waals surface area contributed by atoms with Crippen LogP contribution in [0.15, 0.2) is 12.2 Å². The molecule has 0 aromatic rings. The maximum Gasteiger partial charge on any atom is -0.0102 e. The molecule has 0 spiro atoms. The zero-order valence-corrected chi connectivity index (χ0v) is 4.57. The SMILES string of the molecule is [C]#CC=CCCC. The van der Waals surface area contributed by atoms with Crippen molar-refractivity contribution < 1.29 is 0 Å². The highest BCUT2D eigenvalue weighted by Crippen LogP contribution is 1.85. The molecular formula is C7H9. The van der Waals surface area contributed by atoms with Crippen LogP contribution in [-0.4, -0.2) is 0 Å². The normalized spacial score (nSPS) is 9.14. The van der Waals surface area contributed by atoms with E-state index in [0.717, 1.165) is 12.8 Å². The van der Waals surface area contributed by atoms with Crippen LogP contribution in [0, 0.1) is 12.3 Å². The number of unbranched alkanes of at least 4 members (excludes halogenated alkanes) is 1. The van der Waals surface area contributed by atoms with E-state index in [2.05, 4.69) is 12.8 Å². The van der Waals surface area contributed by atoms with Crippen LogP contribution >= 0.6 is 0 Å². The van der Waals surface area contributed by atoms with Gasteiger partial charge in [0.05, 0.1) is 0 Å². The number of rotatable bonds is 2. The van der Waals surface area contributed by atoms with Gasteiger partial charge in [-0.2, -0.15) is 0 Å². The Kier molecular flexibility index (Phi) is 4.77. The molecule has 0 fully saturated rings. The Labute approximate surface area is 45.2 Å². The summed E-state index contributed by atoms with van der Waals surface area (Å²) in [6.45, 7) is 2.11. The molecule has 0 aromatic heterocycles. The fourth-order valence-electron chi connectivity index (χ4n) is 0.309. The fraction of sp³-hybridized carbons (Fsp3) is 0.429. The monoisotopic (exact) mass is 93.1 g/mol. The Morgan fingerprint density at radius 3 is 2.86 bits per heavy atom. The molecule has 0 heterocycles. The van der Waals surface area contributed by atoms with Gasteiger partial charge in [-0.15, -0.1) is 0 Å². The average Bonchev–Trinajstić information content (AvgIpc) is 1.69. The molecule has 0 N–H and O–H groups in total. The summed E-state index contributed by atoms with van der Waals surface area (Å²) in [7, 11) is 0. The maximum absolute atomic E-state index is 6.44. The molecule has 0 aliphatic rings. The molecule has 37 valence electrons. The lowest BCUT2D eigenvalue weighted by atomic mass is 10.3. The van der Waals surface area contributed by atoms with E-state index in [9.17, 15) is 0 Å². The molecule has 0 aromatic carbocycles. The highest BCUT2D eigenvalue weighted by Gasteiger charge is 1.66. The highest BCUT2D eigenvalue weighted by molar-refractivity contribution is 5.04. The van der Waals surface area contributed by atoms with Crippen molar-refractivity contribution in [3.05, 3.63) is 18.6 Å². The molecule has 0 atom stereocenters. The third-order valence-electron chi connectivity index (χ3n) is 0.657. The minimum absolute atomic E-state index is 1.06. The summed E-state index contributed by atoms with van der Waals surface area (Å²) in [6, 6.07) is 0. The van der Waals surface area contributed by atoms with Crippen LogP contribution in [0.3, 0.4) is 0 Å². The molecule has 1 radical (unpaired) electrons. The zero-order valence-electron chi connectivity index (χ0n) is 4.57. The van der Waals surface area contributed by atoms with Crippen molar-refractivity contribution in [2.45, 2.75) is 19.8 Å². The lowest BCUT2D eigenvalue weighted by Crippen LogP contribution is -1.57. The molecule has 0 amide bonds. The van der Waals surface area contributed by atoms with Gasteiger partial charge in [0.15, 0.2) is 0 Å². The van der Waals surface area contributed by atoms with Gasteiger partial charge >= 0.3 is 0 Å². The first kappa shape index (κ1) is 6.30. The third kappa shape index (κ3) is 5.30.